The first kappa shape index (κ1) is 36.7. The zero-order valence-corrected chi connectivity index (χ0v) is 27.2. The second kappa shape index (κ2) is 16.8. The molecular weight excluding hydrogens is 634 g/mol. The first-order chi connectivity index (χ1) is 23.0. The number of amides is 1. The number of aromatic nitrogens is 3. The third-order valence-corrected chi connectivity index (χ3v) is 8.31. The van der Waals surface area contributed by atoms with Crippen molar-refractivity contribution in [1.82, 2.24) is 19.7 Å². The molecule has 2 aromatic rings. The SMILES string of the molecule is COc1c(C)c2c(c(O)c1C/C=C(\C)CCC(=O)OCCN1CCOCC1)C(=O)OC2.NC(=O)c1ncn([C@@H]2O[C@H](CO)[C@@H](O)[C@H]2O)n1. The lowest BCUT2D eigenvalue weighted by Crippen LogP contribution is -2.38. The fourth-order valence-electron chi connectivity index (χ4n) is 5.50. The normalized spacial score (nSPS) is 22.5. The number of carbonyl (C=O) groups is 3. The molecule has 17 heteroatoms. The van der Waals surface area contributed by atoms with E-state index in [0.29, 0.717) is 42.7 Å². The van der Waals surface area contributed by atoms with Crippen LogP contribution in [0.15, 0.2) is 18.0 Å². The molecule has 48 heavy (non-hydrogen) atoms. The number of primary amides is 1. The van der Waals surface area contributed by atoms with Crippen LogP contribution >= 0.6 is 0 Å². The van der Waals surface area contributed by atoms with Crippen molar-refractivity contribution in [3.63, 3.8) is 0 Å². The number of morpholine rings is 1. The summed E-state index contributed by atoms with van der Waals surface area (Å²) in [5.41, 5.74) is 8.20. The Bertz CT molecular complexity index is 1490. The number of phenolic OH excluding ortho intramolecular Hbond substituents is 1. The van der Waals surface area contributed by atoms with Gasteiger partial charge < -0.3 is 49.8 Å². The van der Waals surface area contributed by atoms with Gasteiger partial charge in [0.15, 0.2) is 6.23 Å². The number of phenols is 1. The van der Waals surface area contributed by atoms with Gasteiger partial charge in [0.2, 0.25) is 5.82 Å². The summed E-state index contributed by atoms with van der Waals surface area (Å²) in [5.74, 6) is -1.30. The zero-order valence-electron chi connectivity index (χ0n) is 27.2. The van der Waals surface area contributed by atoms with Gasteiger partial charge in [0.25, 0.3) is 5.91 Å². The smallest absolute Gasteiger partial charge is 0.342 e. The Hall–Kier alpha value is -4.13. The largest absolute Gasteiger partial charge is 0.507 e. The van der Waals surface area contributed by atoms with Crippen LogP contribution in [0.5, 0.6) is 11.5 Å². The molecule has 6 N–H and O–H groups in total. The lowest BCUT2D eigenvalue weighted by molar-refractivity contribution is -0.144. The van der Waals surface area contributed by atoms with E-state index in [0.717, 1.165) is 55.0 Å². The van der Waals surface area contributed by atoms with Crippen LogP contribution in [0.25, 0.3) is 0 Å². The maximum atomic E-state index is 12.0. The molecule has 0 aliphatic carbocycles. The number of aromatic hydroxyl groups is 1. The standard InChI is InChI=1S/C23H31NO7.C8H12N4O5/c1-15(5-7-19(25)30-13-10-24-8-11-29-12-9-24)4-6-17-21(26)20-18(14-31-23(20)27)16(2)22(17)28-3;9-6(16)7-10-2-12(11-7)8-5(15)4(14)3(1-13)17-8/h4,26H,5-14H2,1-3H3;2-5,8,13-15H,1H2,(H2,9,16)/b15-4+;/t;3-,4-,5-,8-/m.1/s1. The predicted molar refractivity (Wildman–Crippen MR) is 165 cm³/mol. The molecule has 0 spiro atoms. The summed E-state index contributed by atoms with van der Waals surface area (Å²) in [4.78, 5) is 40.6. The maximum Gasteiger partial charge on any atom is 0.342 e. The van der Waals surface area contributed by atoms with Gasteiger partial charge >= 0.3 is 11.9 Å². The molecule has 0 radical (unpaired) electrons. The Labute approximate surface area is 276 Å². The summed E-state index contributed by atoms with van der Waals surface area (Å²) in [6.45, 7) is 7.79. The summed E-state index contributed by atoms with van der Waals surface area (Å²) >= 11 is 0. The van der Waals surface area contributed by atoms with Gasteiger partial charge in [-0.2, -0.15) is 0 Å². The van der Waals surface area contributed by atoms with Crippen molar-refractivity contribution in [1.29, 1.82) is 0 Å². The summed E-state index contributed by atoms with van der Waals surface area (Å²) in [5, 5.41) is 42.4. The third-order valence-electron chi connectivity index (χ3n) is 8.31. The van der Waals surface area contributed by atoms with E-state index < -0.39 is 43.0 Å². The monoisotopic (exact) mass is 677 g/mol. The molecule has 0 bridgehead atoms. The number of fused-ring (bicyclic) bond motifs is 1. The molecule has 1 amide bonds. The molecule has 5 rings (SSSR count). The topological polar surface area (TPSA) is 238 Å². The molecular formula is C31H43N5O12. The summed E-state index contributed by atoms with van der Waals surface area (Å²) < 4.78 is 27.4. The van der Waals surface area contributed by atoms with Crippen LogP contribution in [-0.2, 0) is 36.8 Å². The fraction of sp³-hybridized carbons (Fsp3) is 0.581. The Morgan fingerprint density at radius 3 is 2.54 bits per heavy atom. The van der Waals surface area contributed by atoms with Gasteiger partial charge in [0.05, 0.1) is 26.9 Å². The van der Waals surface area contributed by atoms with Gasteiger partial charge in [-0.1, -0.05) is 11.6 Å². The molecule has 1 aromatic carbocycles. The number of nitrogens with two attached hydrogens (primary N) is 1. The van der Waals surface area contributed by atoms with Gasteiger partial charge in [-0.15, -0.1) is 5.10 Å². The molecule has 17 nitrogen and oxygen atoms in total. The number of ether oxygens (including phenoxy) is 5. The average molecular weight is 678 g/mol. The minimum Gasteiger partial charge on any atom is -0.507 e. The minimum atomic E-state index is -1.27. The number of hydrogen-bond acceptors (Lipinski definition) is 15. The molecule has 3 aliphatic heterocycles. The highest BCUT2D eigenvalue weighted by molar-refractivity contribution is 5.98. The van der Waals surface area contributed by atoms with Crippen LogP contribution in [0.1, 0.15) is 63.7 Å². The number of methoxy groups -OCH3 is 1. The van der Waals surface area contributed by atoms with Crippen LogP contribution in [0.3, 0.4) is 0 Å². The predicted octanol–water partition coefficient (Wildman–Crippen LogP) is -0.487. The number of benzene rings is 1. The summed E-state index contributed by atoms with van der Waals surface area (Å²) in [6, 6.07) is 0. The second-order valence-corrected chi connectivity index (χ2v) is 11.5. The van der Waals surface area contributed by atoms with Crippen molar-refractivity contribution in [2.45, 2.75) is 64.3 Å². The Morgan fingerprint density at radius 2 is 1.92 bits per heavy atom. The van der Waals surface area contributed by atoms with Crippen LogP contribution in [0.2, 0.25) is 0 Å². The maximum absolute atomic E-state index is 12.0. The first-order valence-electron chi connectivity index (χ1n) is 15.5. The lowest BCUT2D eigenvalue weighted by Gasteiger charge is -2.26. The van der Waals surface area contributed by atoms with Crippen molar-refractivity contribution in [3.8, 4) is 11.5 Å². The number of rotatable bonds is 12. The lowest BCUT2D eigenvalue weighted by atomic mass is 9.94. The van der Waals surface area contributed by atoms with E-state index >= 15 is 0 Å². The highest BCUT2D eigenvalue weighted by Crippen LogP contribution is 2.42. The minimum absolute atomic E-state index is 0.0912. The number of cyclic esters (lactones) is 1. The third kappa shape index (κ3) is 8.66. The van der Waals surface area contributed by atoms with Gasteiger partial charge in [-0.25, -0.2) is 14.5 Å². The number of aliphatic hydroxyl groups excluding tert-OH is 3. The van der Waals surface area contributed by atoms with E-state index in [2.05, 4.69) is 15.0 Å². The van der Waals surface area contributed by atoms with Crippen LogP contribution in [0, 0.1) is 6.92 Å². The van der Waals surface area contributed by atoms with Crippen molar-refractivity contribution in [3.05, 3.63) is 46.1 Å². The van der Waals surface area contributed by atoms with E-state index in [1.807, 2.05) is 19.9 Å². The van der Waals surface area contributed by atoms with Gasteiger partial charge in [0, 0.05) is 37.2 Å². The summed E-state index contributed by atoms with van der Waals surface area (Å²) in [7, 11) is 1.54. The molecule has 264 valence electrons. The Kier molecular flexibility index (Phi) is 12.9. The van der Waals surface area contributed by atoms with Crippen LogP contribution in [0.4, 0.5) is 0 Å². The second-order valence-electron chi connectivity index (χ2n) is 11.5. The number of esters is 2. The molecule has 3 aliphatic rings. The molecule has 4 atom stereocenters. The fourth-order valence-corrected chi connectivity index (χ4v) is 5.50. The highest BCUT2D eigenvalue weighted by Gasteiger charge is 2.44. The Morgan fingerprint density at radius 1 is 1.19 bits per heavy atom. The van der Waals surface area contributed by atoms with Crippen molar-refractivity contribution in [2.24, 2.45) is 5.73 Å². The molecule has 1 aromatic heterocycles. The number of allylic oxidation sites excluding steroid dienone is 2. The molecule has 0 saturated carbocycles. The van der Waals surface area contributed by atoms with E-state index in [1.54, 1.807) is 7.11 Å². The van der Waals surface area contributed by atoms with Crippen molar-refractivity contribution < 1.29 is 58.5 Å². The molecule has 4 heterocycles. The first-order valence-corrected chi connectivity index (χ1v) is 15.5. The molecule has 2 fully saturated rings. The number of aliphatic hydroxyl groups is 3. The number of carbonyl (C=O) groups excluding carboxylic acids is 3. The van der Waals surface area contributed by atoms with E-state index in [-0.39, 0.29) is 29.7 Å². The van der Waals surface area contributed by atoms with E-state index in [4.69, 9.17) is 34.5 Å². The average Bonchev–Trinajstić information content (AvgIpc) is 3.80. The molecule has 2 saturated heterocycles. The summed E-state index contributed by atoms with van der Waals surface area (Å²) in [6.07, 6.45) is -0.0885. The molecule has 0 unspecified atom stereocenters. The van der Waals surface area contributed by atoms with Crippen molar-refractivity contribution in [2.75, 3.05) is 53.2 Å². The van der Waals surface area contributed by atoms with Crippen molar-refractivity contribution >= 4 is 17.8 Å². The van der Waals surface area contributed by atoms with Gasteiger partial charge in [0.1, 0.15) is 54.9 Å². The number of hydrogen-bond donors (Lipinski definition) is 5. The van der Waals surface area contributed by atoms with Crippen LogP contribution in [-0.4, -0.2) is 129 Å². The van der Waals surface area contributed by atoms with E-state index in [9.17, 15) is 29.7 Å². The highest BCUT2D eigenvalue weighted by atomic mass is 16.6. The Balaban J connectivity index is 0.000000257. The van der Waals surface area contributed by atoms with Gasteiger partial charge in [-0.3, -0.25) is 14.5 Å². The zero-order chi connectivity index (χ0) is 35.0. The quantitative estimate of drug-likeness (QED) is 0.141. The number of nitrogens with zero attached hydrogens (tertiary/aromatic N) is 4. The van der Waals surface area contributed by atoms with Crippen LogP contribution < -0.4 is 10.5 Å². The van der Waals surface area contributed by atoms with Gasteiger partial charge in [-0.05, 0) is 32.3 Å². The van der Waals surface area contributed by atoms with E-state index in [1.165, 1.54) is 0 Å².